The lowest BCUT2D eigenvalue weighted by atomic mass is 10.4. The van der Waals surface area contributed by atoms with Gasteiger partial charge in [-0.2, -0.15) is 0 Å². The lowest BCUT2D eigenvalue weighted by Gasteiger charge is -2.03. The van der Waals surface area contributed by atoms with Crippen molar-refractivity contribution in [3.8, 4) is 0 Å². The first-order valence-electron chi connectivity index (χ1n) is 4.05. The fourth-order valence-electron chi connectivity index (χ4n) is 1.08. The number of halogens is 1. The molecule has 0 N–H and O–H groups in total. The van der Waals surface area contributed by atoms with Gasteiger partial charge in [-0.05, 0) is 34.7 Å². The van der Waals surface area contributed by atoms with Gasteiger partial charge < -0.3 is 4.42 Å². The second-order valence-corrected chi connectivity index (χ2v) is 5.62. The highest BCUT2D eigenvalue weighted by Crippen LogP contribution is 2.31. The number of thiocarbonyl (C=S) groups is 1. The summed E-state index contributed by atoms with van der Waals surface area (Å²) >= 11 is 8.38. The van der Waals surface area contributed by atoms with E-state index in [2.05, 4.69) is 22.6 Å². The summed E-state index contributed by atoms with van der Waals surface area (Å²) < 4.78 is 6.72. The molecule has 3 nitrogen and oxygen atoms in total. The smallest absolute Gasteiger partial charge is 0.266 e. The molecule has 1 aromatic heterocycles. The molecule has 0 saturated carbocycles. The van der Waals surface area contributed by atoms with Crippen LogP contribution in [0.1, 0.15) is 5.76 Å². The van der Waals surface area contributed by atoms with Crippen LogP contribution in [0.5, 0.6) is 0 Å². The van der Waals surface area contributed by atoms with Gasteiger partial charge in [0.2, 0.25) is 0 Å². The number of hydrogen-bond donors (Lipinski definition) is 0. The Hall–Kier alpha value is -0.340. The molecule has 0 atom stereocenters. The van der Waals surface area contributed by atoms with Gasteiger partial charge >= 0.3 is 0 Å². The van der Waals surface area contributed by atoms with Crippen molar-refractivity contribution in [2.45, 2.75) is 0 Å². The third-order valence-electron chi connectivity index (χ3n) is 1.85. The second-order valence-electron chi connectivity index (χ2n) is 2.88. The molecule has 1 aromatic rings. The molecule has 1 aliphatic heterocycles. The molecule has 2 heterocycles. The number of amides is 1. The highest BCUT2D eigenvalue weighted by Gasteiger charge is 2.28. The van der Waals surface area contributed by atoms with Crippen molar-refractivity contribution in [2.75, 3.05) is 7.05 Å². The number of likely N-dealkylation sites (N-methyl/N-ethyl adjacent to an activating group) is 1. The van der Waals surface area contributed by atoms with E-state index in [1.165, 1.54) is 16.7 Å². The largest absolute Gasteiger partial charge is 0.451 e. The summed E-state index contributed by atoms with van der Waals surface area (Å²) in [5, 5.41) is 0. The van der Waals surface area contributed by atoms with Crippen LogP contribution in [0.25, 0.3) is 6.08 Å². The van der Waals surface area contributed by atoms with E-state index in [1.54, 1.807) is 13.1 Å². The van der Waals surface area contributed by atoms with E-state index in [0.29, 0.717) is 15.0 Å². The first kappa shape index (κ1) is 11.2. The maximum absolute atomic E-state index is 11.6. The summed E-state index contributed by atoms with van der Waals surface area (Å²) in [5.41, 5.74) is 0. The molecule has 6 heteroatoms. The number of furan rings is 1. The highest BCUT2D eigenvalue weighted by molar-refractivity contribution is 14.1. The molecule has 0 bridgehead atoms. The highest BCUT2D eigenvalue weighted by atomic mass is 127. The Labute approximate surface area is 110 Å². The molecule has 1 aliphatic rings. The van der Waals surface area contributed by atoms with Crippen LogP contribution in [0, 0.1) is 3.77 Å². The Morgan fingerprint density at radius 1 is 1.60 bits per heavy atom. The van der Waals surface area contributed by atoms with Crippen LogP contribution in [0.15, 0.2) is 21.5 Å². The molecule has 0 aliphatic carbocycles. The van der Waals surface area contributed by atoms with Crippen molar-refractivity contribution >= 4 is 62.9 Å². The van der Waals surface area contributed by atoms with Crippen LogP contribution in [-0.2, 0) is 4.79 Å². The molecule has 2 rings (SSSR count). The van der Waals surface area contributed by atoms with E-state index in [1.807, 2.05) is 12.1 Å². The first-order valence-corrected chi connectivity index (χ1v) is 6.35. The molecule has 1 amide bonds. The van der Waals surface area contributed by atoms with Crippen LogP contribution in [0.4, 0.5) is 0 Å². The molecule has 0 unspecified atom stereocenters. The average Bonchev–Trinajstić information content (AvgIpc) is 2.68. The van der Waals surface area contributed by atoms with Gasteiger partial charge in [0.1, 0.15) is 10.1 Å². The fourth-order valence-corrected chi connectivity index (χ4v) is 2.67. The number of rotatable bonds is 1. The first-order chi connectivity index (χ1) is 7.08. The van der Waals surface area contributed by atoms with Crippen LogP contribution in [0.3, 0.4) is 0 Å². The van der Waals surface area contributed by atoms with Crippen LogP contribution in [0.2, 0.25) is 0 Å². The summed E-state index contributed by atoms with van der Waals surface area (Å²) in [5.74, 6) is 0.602. The Morgan fingerprint density at radius 2 is 2.33 bits per heavy atom. The molecular formula is C9H6INO2S2. The number of thioether (sulfide) groups is 1. The quantitative estimate of drug-likeness (QED) is 0.443. The monoisotopic (exact) mass is 351 g/mol. The third kappa shape index (κ3) is 2.26. The standard InChI is InChI=1S/C9H6INO2S2/c1-11-8(12)6(15-9(11)14)4-5-2-3-7(10)13-5/h2-4H,1H3/b6-4-. The number of carbonyl (C=O) groups excluding carboxylic acids is 1. The number of carbonyl (C=O) groups is 1. The SMILES string of the molecule is CN1C(=O)/C(=C/c2ccc(I)o2)SC1=S. The molecule has 0 radical (unpaired) electrons. The van der Waals surface area contributed by atoms with E-state index in [9.17, 15) is 4.79 Å². The van der Waals surface area contributed by atoms with Gasteiger partial charge in [-0.3, -0.25) is 9.69 Å². The molecule has 1 fully saturated rings. The number of nitrogens with zero attached hydrogens (tertiary/aromatic N) is 1. The lowest BCUT2D eigenvalue weighted by molar-refractivity contribution is -0.121. The van der Waals surface area contributed by atoms with E-state index in [4.69, 9.17) is 16.6 Å². The zero-order valence-electron chi connectivity index (χ0n) is 7.69. The maximum atomic E-state index is 11.6. The Morgan fingerprint density at radius 3 is 2.80 bits per heavy atom. The van der Waals surface area contributed by atoms with Crippen molar-refractivity contribution < 1.29 is 9.21 Å². The minimum absolute atomic E-state index is 0.0728. The second kappa shape index (κ2) is 4.26. The summed E-state index contributed by atoms with van der Waals surface area (Å²) in [6, 6.07) is 3.67. The predicted octanol–water partition coefficient (Wildman–Crippen LogP) is 2.72. The van der Waals surface area contributed by atoms with Crippen LogP contribution in [-0.4, -0.2) is 22.2 Å². The van der Waals surface area contributed by atoms with Gasteiger partial charge in [0.25, 0.3) is 5.91 Å². The zero-order chi connectivity index (χ0) is 11.0. The molecule has 0 spiro atoms. The Kier molecular flexibility index (Phi) is 3.17. The van der Waals surface area contributed by atoms with Crippen molar-refractivity contribution in [3.05, 3.63) is 26.6 Å². The molecule has 1 saturated heterocycles. The summed E-state index contributed by atoms with van der Waals surface area (Å²) in [4.78, 5) is 13.7. The average molecular weight is 351 g/mol. The third-order valence-corrected chi connectivity index (χ3v) is 3.92. The van der Waals surface area contributed by atoms with Crippen molar-refractivity contribution in [1.82, 2.24) is 4.90 Å². The molecular weight excluding hydrogens is 345 g/mol. The van der Waals surface area contributed by atoms with Gasteiger partial charge in [-0.15, -0.1) is 0 Å². The molecule has 15 heavy (non-hydrogen) atoms. The van der Waals surface area contributed by atoms with Crippen LogP contribution < -0.4 is 0 Å². The fraction of sp³-hybridized carbons (Fsp3) is 0.111. The summed E-state index contributed by atoms with van der Waals surface area (Å²) in [6.45, 7) is 0. The van der Waals surface area contributed by atoms with Gasteiger partial charge in [0.15, 0.2) is 3.77 Å². The molecule has 0 aromatic carbocycles. The zero-order valence-corrected chi connectivity index (χ0v) is 11.5. The Bertz CT molecular complexity index is 466. The van der Waals surface area contributed by atoms with Gasteiger partial charge in [0.05, 0.1) is 4.91 Å². The van der Waals surface area contributed by atoms with E-state index in [-0.39, 0.29) is 5.91 Å². The van der Waals surface area contributed by atoms with E-state index >= 15 is 0 Å². The van der Waals surface area contributed by atoms with Crippen molar-refractivity contribution in [2.24, 2.45) is 0 Å². The van der Waals surface area contributed by atoms with Crippen LogP contribution >= 0.6 is 46.6 Å². The van der Waals surface area contributed by atoms with Crippen molar-refractivity contribution in [1.29, 1.82) is 0 Å². The lowest BCUT2D eigenvalue weighted by Crippen LogP contribution is -2.22. The molecule has 78 valence electrons. The van der Waals surface area contributed by atoms with E-state index < -0.39 is 0 Å². The summed E-state index contributed by atoms with van der Waals surface area (Å²) in [6.07, 6.45) is 1.71. The topological polar surface area (TPSA) is 33.5 Å². The maximum Gasteiger partial charge on any atom is 0.266 e. The minimum atomic E-state index is -0.0728. The van der Waals surface area contributed by atoms with Crippen molar-refractivity contribution in [3.63, 3.8) is 0 Å². The Balaban J connectivity index is 2.29. The van der Waals surface area contributed by atoms with Gasteiger partial charge in [-0.25, -0.2) is 0 Å². The van der Waals surface area contributed by atoms with Gasteiger partial charge in [0, 0.05) is 13.1 Å². The van der Waals surface area contributed by atoms with Gasteiger partial charge in [-0.1, -0.05) is 24.0 Å². The normalized spacial score (nSPS) is 19.3. The number of hydrogen-bond acceptors (Lipinski definition) is 4. The predicted molar refractivity (Wildman–Crippen MR) is 72.4 cm³/mol. The van der Waals surface area contributed by atoms with E-state index in [0.717, 1.165) is 3.77 Å². The summed E-state index contributed by atoms with van der Waals surface area (Å²) in [7, 11) is 1.67. The minimum Gasteiger partial charge on any atom is -0.451 e.